The lowest BCUT2D eigenvalue weighted by molar-refractivity contribution is 0.148. The van der Waals surface area contributed by atoms with Gasteiger partial charge in [-0.05, 0) is 31.4 Å². The van der Waals surface area contributed by atoms with E-state index in [0.717, 1.165) is 29.8 Å². The summed E-state index contributed by atoms with van der Waals surface area (Å²) < 4.78 is 1.60. The Hall–Kier alpha value is -1.52. The summed E-state index contributed by atoms with van der Waals surface area (Å²) in [7, 11) is 1.79. The van der Waals surface area contributed by atoms with E-state index in [9.17, 15) is 5.11 Å². The van der Waals surface area contributed by atoms with Crippen LogP contribution in [-0.2, 0) is 13.5 Å². The van der Waals surface area contributed by atoms with E-state index in [1.54, 1.807) is 11.7 Å². The highest BCUT2D eigenvalue weighted by Gasteiger charge is 2.29. The number of hydrogen-bond donors (Lipinski definition) is 2. The van der Waals surface area contributed by atoms with Crippen molar-refractivity contribution >= 4 is 17.3 Å². The Kier molecular flexibility index (Phi) is 3.44. The molecule has 0 spiro atoms. The van der Waals surface area contributed by atoms with Crippen LogP contribution in [0.3, 0.4) is 0 Å². The van der Waals surface area contributed by atoms with E-state index in [0.29, 0.717) is 5.15 Å². The van der Waals surface area contributed by atoms with Gasteiger partial charge >= 0.3 is 0 Å². The Labute approximate surface area is 123 Å². The lowest BCUT2D eigenvalue weighted by Gasteiger charge is -2.30. The average Bonchev–Trinajstić information content (AvgIpc) is 2.71. The molecule has 2 unspecified atom stereocenters. The lowest BCUT2D eigenvalue weighted by atomic mass is 9.92. The predicted octanol–water partition coefficient (Wildman–Crippen LogP) is 2.84. The molecule has 3 rings (SSSR count). The molecule has 4 nitrogen and oxygen atoms in total. The molecule has 1 aliphatic heterocycles. The Balaban J connectivity index is 1.87. The van der Waals surface area contributed by atoms with E-state index in [4.69, 9.17) is 11.6 Å². The van der Waals surface area contributed by atoms with Gasteiger partial charge in [0.1, 0.15) is 11.3 Å². The van der Waals surface area contributed by atoms with Crippen LogP contribution in [-0.4, -0.2) is 20.9 Å². The number of benzene rings is 1. The third-order valence-electron chi connectivity index (χ3n) is 3.96. The summed E-state index contributed by atoms with van der Waals surface area (Å²) in [6.07, 6.45) is 1.19. The van der Waals surface area contributed by atoms with Gasteiger partial charge in [0, 0.05) is 18.3 Å². The van der Waals surface area contributed by atoms with Gasteiger partial charge in [0.05, 0.1) is 11.7 Å². The highest BCUT2D eigenvalue weighted by atomic mass is 35.5. The van der Waals surface area contributed by atoms with Gasteiger partial charge in [-0.25, -0.2) is 0 Å². The predicted molar refractivity (Wildman–Crippen MR) is 80.1 cm³/mol. The topological polar surface area (TPSA) is 50.1 Å². The molecule has 1 aromatic carbocycles. The second-order valence-electron chi connectivity index (χ2n) is 5.30. The molecule has 1 aliphatic rings. The molecule has 2 heterocycles. The zero-order valence-corrected chi connectivity index (χ0v) is 12.4. The first kappa shape index (κ1) is 13.5. The van der Waals surface area contributed by atoms with Crippen molar-refractivity contribution in [1.82, 2.24) is 9.78 Å². The number of halogens is 1. The molecule has 2 aromatic rings. The molecule has 0 aliphatic carbocycles. The molecule has 20 heavy (non-hydrogen) atoms. The zero-order valence-electron chi connectivity index (χ0n) is 11.6. The summed E-state index contributed by atoms with van der Waals surface area (Å²) in [6, 6.07) is 8.17. The average molecular weight is 292 g/mol. The minimum absolute atomic E-state index is 0.0368. The third kappa shape index (κ3) is 2.19. The molecular formula is C15H18ClN3O. The van der Waals surface area contributed by atoms with Gasteiger partial charge in [-0.2, -0.15) is 5.10 Å². The number of anilines is 1. The van der Waals surface area contributed by atoms with Gasteiger partial charge < -0.3 is 10.4 Å². The highest BCUT2D eigenvalue weighted by Crippen LogP contribution is 2.34. The van der Waals surface area contributed by atoms with Gasteiger partial charge in [-0.15, -0.1) is 0 Å². The van der Waals surface area contributed by atoms with Crippen molar-refractivity contribution in [3.05, 3.63) is 46.2 Å². The molecular weight excluding hydrogens is 274 g/mol. The minimum atomic E-state index is -0.649. The number of rotatable bonds is 2. The largest absolute Gasteiger partial charge is 0.386 e. The fourth-order valence-corrected chi connectivity index (χ4v) is 3.17. The quantitative estimate of drug-likeness (QED) is 0.894. The smallest absolute Gasteiger partial charge is 0.132 e. The maximum atomic E-state index is 10.6. The van der Waals surface area contributed by atoms with Crippen molar-refractivity contribution in [1.29, 1.82) is 0 Å². The molecule has 0 radical (unpaired) electrons. The first-order valence-electron chi connectivity index (χ1n) is 6.79. The van der Waals surface area contributed by atoms with Gasteiger partial charge in [-0.1, -0.05) is 29.8 Å². The van der Waals surface area contributed by atoms with Crippen LogP contribution in [0.5, 0.6) is 0 Å². The van der Waals surface area contributed by atoms with Crippen LogP contribution < -0.4 is 5.32 Å². The van der Waals surface area contributed by atoms with E-state index >= 15 is 0 Å². The van der Waals surface area contributed by atoms with Crippen LogP contribution in [0.1, 0.15) is 29.3 Å². The van der Waals surface area contributed by atoms with Crippen LogP contribution in [0.2, 0.25) is 5.15 Å². The summed E-state index contributed by atoms with van der Waals surface area (Å²) in [4.78, 5) is 0. The Morgan fingerprint density at radius 1 is 1.45 bits per heavy atom. The second-order valence-corrected chi connectivity index (χ2v) is 5.66. The van der Waals surface area contributed by atoms with Crippen LogP contribution in [0.4, 0.5) is 5.69 Å². The number of fused-ring (bicyclic) bond motifs is 1. The molecule has 0 saturated heterocycles. The van der Waals surface area contributed by atoms with E-state index < -0.39 is 6.10 Å². The maximum Gasteiger partial charge on any atom is 0.132 e. The molecule has 2 N–H and O–H groups in total. The Bertz CT molecular complexity index is 638. The van der Waals surface area contributed by atoms with Crippen molar-refractivity contribution in [3.63, 3.8) is 0 Å². The van der Waals surface area contributed by atoms with Gasteiger partial charge in [0.15, 0.2) is 0 Å². The van der Waals surface area contributed by atoms with Crippen LogP contribution >= 0.6 is 11.6 Å². The molecule has 5 heteroatoms. The monoisotopic (exact) mass is 291 g/mol. The van der Waals surface area contributed by atoms with E-state index in [1.165, 1.54) is 5.56 Å². The standard InChI is InChI=1S/C15H18ClN3O/c1-9-13(15(16)19(2)18-9)14(20)12-8-7-10-5-3-4-6-11(10)17-12/h3-6,12,14,17,20H,7-8H2,1-2H3. The molecule has 0 saturated carbocycles. The number of aliphatic hydroxyl groups excluding tert-OH is 1. The summed E-state index contributed by atoms with van der Waals surface area (Å²) in [5.41, 5.74) is 3.90. The summed E-state index contributed by atoms with van der Waals surface area (Å²) in [5, 5.41) is 18.8. The number of aromatic nitrogens is 2. The van der Waals surface area contributed by atoms with E-state index in [1.807, 2.05) is 25.1 Å². The second kappa shape index (κ2) is 5.11. The van der Waals surface area contributed by atoms with Gasteiger partial charge in [0.2, 0.25) is 0 Å². The van der Waals surface area contributed by atoms with Crippen LogP contribution in [0.15, 0.2) is 24.3 Å². The van der Waals surface area contributed by atoms with Crippen molar-refractivity contribution in [2.45, 2.75) is 31.9 Å². The first-order valence-corrected chi connectivity index (χ1v) is 7.17. The zero-order chi connectivity index (χ0) is 14.3. The van der Waals surface area contributed by atoms with Crippen molar-refractivity contribution < 1.29 is 5.11 Å². The number of nitrogens with one attached hydrogen (secondary N) is 1. The van der Waals surface area contributed by atoms with Gasteiger partial charge in [-0.3, -0.25) is 4.68 Å². The third-order valence-corrected chi connectivity index (χ3v) is 4.40. The SMILES string of the molecule is Cc1nn(C)c(Cl)c1C(O)C1CCc2ccccc2N1. The van der Waals surface area contributed by atoms with Crippen LogP contribution in [0.25, 0.3) is 0 Å². The summed E-state index contributed by atoms with van der Waals surface area (Å²) in [6.45, 7) is 1.88. The van der Waals surface area contributed by atoms with Crippen LogP contribution in [0, 0.1) is 6.92 Å². The number of aryl methyl sites for hydroxylation is 3. The van der Waals surface area contributed by atoms with E-state index in [2.05, 4.69) is 16.5 Å². The molecule has 0 fully saturated rings. The maximum absolute atomic E-state index is 10.6. The number of nitrogens with zero attached hydrogens (tertiary/aromatic N) is 2. The summed E-state index contributed by atoms with van der Waals surface area (Å²) >= 11 is 6.24. The summed E-state index contributed by atoms with van der Waals surface area (Å²) in [5.74, 6) is 0. The number of para-hydroxylation sites is 1. The molecule has 1 aromatic heterocycles. The van der Waals surface area contributed by atoms with E-state index in [-0.39, 0.29) is 6.04 Å². The molecule has 0 bridgehead atoms. The highest BCUT2D eigenvalue weighted by molar-refractivity contribution is 6.30. The molecule has 2 atom stereocenters. The van der Waals surface area contributed by atoms with Gasteiger partial charge in [0.25, 0.3) is 0 Å². The fraction of sp³-hybridized carbons (Fsp3) is 0.400. The number of hydrogen-bond acceptors (Lipinski definition) is 3. The fourth-order valence-electron chi connectivity index (χ4n) is 2.88. The first-order chi connectivity index (χ1) is 9.58. The minimum Gasteiger partial charge on any atom is -0.386 e. The van der Waals surface area contributed by atoms with Crippen molar-refractivity contribution in [2.24, 2.45) is 7.05 Å². The molecule has 106 valence electrons. The number of aliphatic hydroxyl groups is 1. The normalized spacial score (nSPS) is 19.3. The Morgan fingerprint density at radius 2 is 2.20 bits per heavy atom. The lowest BCUT2D eigenvalue weighted by Crippen LogP contribution is -2.32. The van der Waals surface area contributed by atoms with Crippen molar-refractivity contribution in [2.75, 3.05) is 5.32 Å². The van der Waals surface area contributed by atoms with Crippen molar-refractivity contribution in [3.8, 4) is 0 Å². The Morgan fingerprint density at radius 3 is 2.90 bits per heavy atom. The molecule has 0 amide bonds.